The Hall–Kier alpha value is -2.89. The number of phenolic OH excluding ortho intramolecular Hbond substituents is 1. The van der Waals surface area contributed by atoms with E-state index < -0.39 is 17.6 Å². The van der Waals surface area contributed by atoms with Gasteiger partial charge in [-0.25, -0.2) is 4.39 Å². The summed E-state index contributed by atoms with van der Waals surface area (Å²) in [6, 6.07) is 11.8. The first-order valence-electron chi connectivity index (χ1n) is 6.67. The Morgan fingerprint density at radius 3 is 2.45 bits per heavy atom. The lowest BCUT2D eigenvalue weighted by atomic mass is 10.1. The molecule has 22 heavy (non-hydrogen) atoms. The normalized spacial score (nSPS) is 10.0. The van der Waals surface area contributed by atoms with Crippen LogP contribution in [0.25, 0.3) is 0 Å². The number of carbonyl (C=O) groups is 2. The van der Waals surface area contributed by atoms with Crippen LogP contribution in [0.3, 0.4) is 0 Å². The van der Waals surface area contributed by atoms with Gasteiger partial charge in [-0.3, -0.25) is 9.59 Å². The van der Waals surface area contributed by atoms with Crippen molar-refractivity contribution in [3.05, 3.63) is 59.9 Å². The number of halogens is 1. The molecule has 2 aromatic carbocycles. The van der Waals surface area contributed by atoms with Crippen molar-refractivity contribution in [1.29, 1.82) is 0 Å². The van der Waals surface area contributed by atoms with Crippen molar-refractivity contribution in [3.8, 4) is 5.75 Å². The van der Waals surface area contributed by atoms with E-state index in [1.165, 1.54) is 24.3 Å². The van der Waals surface area contributed by atoms with E-state index in [-0.39, 0.29) is 12.3 Å². The summed E-state index contributed by atoms with van der Waals surface area (Å²) < 4.78 is 12.7. The van der Waals surface area contributed by atoms with Gasteiger partial charge in [0, 0.05) is 12.2 Å². The number of phenols is 1. The molecular weight excluding hydrogens is 287 g/mol. The standard InChI is InChI=1S/C16H15FN2O3/c17-12-4-6-13(7-5-12)19-16(22)15(21)18-9-8-11-2-1-3-14(20)10-11/h1-7,10,20H,8-9H2,(H,18,21)(H,19,22). The Balaban J connectivity index is 1.79. The average Bonchev–Trinajstić information content (AvgIpc) is 2.49. The zero-order valence-corrected chi connectivity index (χ0v) is 11.7. The van der Waals surface area contributed by atoms with Crippen LogP contribution in [0.5, 0.6) is 5.75 Å². The first kappa shape index (κ1) is 15.5. The monoisotopic (exact) mass is 302 g/mol. The van der Waals surface area contributed by atoms with Crippen molar-refractivity contribution in [2.24, 2.45) is 0 Å². The zero-order chi connectivity index (χ0) is 15.9. The fourth-order valence-electron chi connectivity index (χ4n) is 1.83. The summed E-state index contributed by atoms with van der Waals surface area (Å²) in [7, 11) is 0. The molecule has 3 N–H and O–H groups in total. The van der Waals surface area contributed by atoms with Gasteiger partial charge in [0.1, 0.15) is 11.6 Å². The molecule has 0 saturated heterocycles. The van der Waals surface area contributed by atoms with Gasteiger partial charge < -0.3 is 15.7 Å². The lowest BCUT2D eigenvalue weighted by Crippen LogP contribution is -2.36. The van der Waals surface area contributed by atoms with Crippen LogP contribution in [0.4, 0.5) is 10.1 Å². The summed E-state index contributed by atoms with van der Waals surface area (Å²) in [4.78, 5) is 23.3. The lowest BCUT2D eigenvalue weighted by molar-refractivity contribution is -0.136. The molecule has 2 aromatic rings. The molecule has 0 bridgehead atoms. The minimum Gasteiger partial charge on any atom is -0.508 e. The second-order valence-electron chi connectivity index (χ2n) is 4.64. The molecule has 114 valence electrons. The molecule has 2 rings (SSSR count). The van der Waals surface area contributed by atoms with E-state index >= 15 is 0 Å². The Morgan fingerprint density at radius 2 is 1.77 bits per heavy atom. The largest absolute Gasteiger partial charge is 0.508 e. The zero-order valence-electron chi connectivity index (χ0n) is 11.7. The fourth-order valence-corrected chi connectivity index (χ4v) is 1.83. The third-order valence-electron chi connectivity index (χ3n) is 2.92. The first-order valence-corrected chi connectivity index (χ1v) is 6.67. The van der Waals surface area contributed by atoms with Crippen molar-refractivity contribution < 1.29 is 19.1 Å². The number of carbonyl (C=O) groups excluding carboxylic acids is 2. The maximum absolute atomic E-state index is 12.7. The van der Waals surface area contributed by atoms with E-state index in [1.807, 2.05) is 6.07 Å². The number of rotatable bonds is 4. The van der Waals surface area contributed by atoms with E-state index in [0.29, 0.717) is 12.1 Å². The molecule has 0 heterocycles. The Bertz CT molecular complexity index is 671. The van der Waals surface area contributed by atoms with Gasteiger partial charge in [0.25, 0.3) is 0 Å². The highest BCUT2D eigenvalue weighted by Crippen LogP contribution is 2.11. The molecule has 0 aliphatic heterocycles. The molecule has 0 atom stereocenters. The van der Waals surface area contributed by atoms with Gasteiger partial charge >= 0.3 is 11.8 Å². The molecule has 0 aromatic heterocycles. The van der Waals surface area contributed by atoms with Crippen LogP contribution < -0.4 is 10.6 Å². The number of hydrogen-bond donors (Lipinski definition) is 3. The molecule has 0 fully saturated rings. The number of aromatic hydroxyl groups is 1. The summed E-state index contributed by atoms with van der Waals surface area (Å²) >= 11 is 0. The molecule has 0 radical (unpaired) electrons. The van der Waals surface area contributed by atoms with Crippen molar-refractivity contribution in [3.63, 3.8) is 0 Å². The third kappa shape index (κ3) is 4.59. The average molecular weight is 302 g/mol. The highest BCUT2D eigenvalue weighted by molar-refractivity contribution is 6.39. The van der Waals surface area contributed by atoms with Gasteiger partial charge in [-0.05, 0) is 48.4 Å². The van der Waals surface area contributed by atoms with Crippen molar-refractivity contribution in [1.82, 2.24) is 5.32 Å². The molecule has 0 saturated carbocycles. The Kier molecular flexibility index (Phi) is 5.08. The Morgan fingerprint density at radius 1 is 1.05 bits per heavy atom. The van der Waals surface area contributed by atoms with Gasteiger partial charge in [-0.1, -0.05) is 12.1 Å². The number of benzene rings is 2. The number of amides is 2. The van der Waals surface area contributed by atoms with E-state index in [2.05, 4.69) is 10.6 Å². The summed E-state index contributed by atoms with van der Waals surface area (Å²) in [6.45, 7) is 0.263. The minimum atomic E-state index is -0.817. The minimum absolute atomic E-state index is 0.151. The number of anilines is 1. The van der Waals surface area contributed by atoms with Crippen LogP contribution in [-0.2, 0) is 16.0 Å². The maximum Gasteiger partial charge on any atom is 0.313 e. The van der Waals surface area contributed by atoms with Crippen LogP contribution in [0.2, 0.25) is 0 Å². The predicted octanol–water partition coefficient (Wildman–Crippen LogP) is 1.83. The Labute approximate surface area is 126 Å². The van der Waals surface area contributed by atoms with Gasteiger partial charge in [-0.15, -0.1) is 0 Å². The molecule has 2 amide bonds. The van der Waals surface area contributed by atoms with E-state index in [9.17, 15) is 19.1 Å². The first-order chi connectivity index (χ1) is 10.5. The highest BCUT2D eigenvalue weighted by Gasteiger charge is 2.13. The second kappa shape index (κ2) is 7.21. The number of hydrogen-bond acceptors (Lipinski definition) is 3. The van der Waals surface area contributed by atoms with Crippen LogP contribution in [0.15, 0.2) is 48.5 Å². The third-order valence-corrected chi connectivity index (χ3v) is 2.92. The van der Waals surface area contributed by atoms with Gasteiger partial charge in [0.05, 0.1) is 0 Å². The van der Waals surface area contributed by atoms with E-state index in [0.717, 1.165) is 5.56 Å². The van der Waals surface area contributed by atoms with Crippen LogP contribution in [0, 0.1) is 5.82 Å². The molecule has 0 unspecified atom stereocenters. The molecule has 5 nitrogen and oxygen atoms in total. The van der Waals surface area contributed by atoms with E-state index in [1.54, 1.807) is 18.2 Å². The van der Waals surface area contributed by atoms with Gasteiger partial charge in [0.15, 0.2) is 0 Å². The summed E-state index contributed by atoms with van der Waals surface area (Å²) in [6.07, 6.45) is 0.490. The second-order valence-corrected chi connectivity index (χ2v) is 4.64. The summed E-state index contributed by atoms with van der Waals surface area (Å²) in [5.41, 5.74) is 1.19. The summed E-state index contributed by atoms with van der Waals surface area (Å²) in [5.74, 6) is -1.86. The lowest BCUT2D eigenvalue weighted by Gasteiger charge is -2.07. The quantitative estimate of drug-likeness (QED) is 0.754. The molecule has 0 aliphatic carbocycles. The molecular formula is C16H15FN2O3. The number of nitrogens with one attached hydrogen (secondary N) is 2. The van der Waals surface area contributed by atoms with Crippen molar-refractivity contribution >= 4 is 17.5 Å². The van der Waals surface area contributed by atoms with Crippen molar-refractivity contribution in [2.75, 3.05) is 11.9 Å². The van der Waals surface area contributed by atoms with Crippen LogP contribution in [0.1, 0.15) is 5.56 Å². The van der Waals surface area contributed by atoms with Gasteiger partial charge in [-0.2, -0.15) is 0 Å². The molecule has 0 spiro atoms. The SMILES string of the molecule is O=C(NCCc1cccc(O)c1)C(=O)Nc1ccc(F)cc1. The van der Waals surface area contributed by atoms with Crippen LogP contribution >= 0.6 is 0 Å². The molecule has 0 aliphatic rings. The fraction of sp³-hybridized carbons (Fsp3) is 0.125. The van der Waals surface area contributed by atoms with Crippen molar-refractivity contribution in [2.45, 2.75) is 6.42 Å². The maximum atomic E-state index is 12.7. The highest BCUT2D eigenvalue weighted by atomic mass is 19.1. The predicted molar refractivity (Wildman–Crippen MR) is 79.9 cm³/mol. The van der Waals surface area contributed by atoms with E-state index in [4.69, 9.17) is 0 Å². The van der Waals surface area contributed by atoms with Crippen LogP contribution in [-0.4, -0.2) is 23.5 Å². The molecule has 6 heteroatoms. The topological polar surface area (TPSA) is 78.4 Å². The van der Waals surface area contributed by atoms with Gasteiger partial charge in [0.2, 0.25) is 0 Å². The summed E-state index contributed by atoms with van der Waals surface area (Å²) in [5, 5.41) is 14.2. The smallest absolute Gasteiger partial charge is 0.313 e.